The molecule has 1 aromatic heterocycles. The Balaban J connectivity index is 1.39. The highest BCUT2D eigenvalue weighted by Gasteiger charge is 2.25. The molecule has 1 fully saturated rings. The molecule has 1 aliphatic rings. The lowest BCUT2D eigenvalue weighted by molar-refractivity contribution is -1.02. The Labute approximate surface area is 159 Å². The van der Waals surface area contributed by atoms with Crippen molar-refractivity contribution >= 4 is 17.2 Å². The smallest absolute Gasteiger partial charge is 0.275 e. The lowest BCUT2D eigenvalue weighted by Gasteiger charge is -2.29. The number of amides is 1. The molecule has 5 nitrogen and oxygen atoms in total. The topological polar surface area (TPSA) is 47.2 Å². The standard InChI is InChI=1S/C20H27N3O2S/c1-16(19-4-3-13-26-19)21-20(24)15-23-11-9-22(10-12-23)14-17-5-7-18(25-2)8-6-17/h3-8,13,16H,9-12,14-15H2,1-2H3,(H,21,24)/p+2/t16-/m1/s1. The Morgan fingerprint density at radius 3 is 2.46 bits per heavy atom. The van der Waals surface area contributed by atoms with Gasteiger partial charge in [-0.15, -0.1) is 11.3 Å². The summed E-state index contributed by atoms with van der Waals surface area (Å²) < 4.78 is 5.21. The summed E-state index contributed by atoms with van der Waals surface area (Å²) in [5.74, 6) is 1.06. The van der Waals surface area contributed by atoms with E-state index in [9.17, 15) is 4.79 Å². The molecule has 2 aromatic rings. The van der Waals surface area contributed by atoms with E-state index in [1.165, 1.54) is 15.3 Å². The first-order valence-corrected chi connectivity index (χ1v) is 10.1. The number of rotatable bonds is 7. The van der Waals surface area contributed by atoms with Gasteiger partial charge >= 0.3 is 0 Å². The molecule has 3 rings (SSSR count). The van der Waals surface area contributed by atoms with Crippen molar-refractivity contribution in [3.05, 3.63) is 52.2 Å². The molecule has 2 heterocycles. The Kier molecular flexibility index (Phi) is 6.66. The van der Waals surface area contributed by atoms with Gasteiger partial charge in [0, 0.05) is 10.4 Å². The molecular weight excluding hydrogens is 346 g/mol. The number of quaternary nitrogens is 2. The Hall–Kier alpha value is -1.89. The molecule has 26 heavy (non-hydrogen) atoms. The van der Waals surface area contributed by atoms with Crippen molar-refractivity contribution in [1.82, 2.24) is 5.32 Å². The predicted octanol–water partition coefficient (Wildman–Crippen LogP) is -0.0825. The van der Waals surface area contributed by atoms with Gasteiger partial charge in [-0.1, -0.05) is 6.07 Å². The molecular formula is C20H29N3O2S+2. The van der Waals surface area contributed by atoms with Crippen LogP contribution in [-0.2, 0) is 11.3 Å². The minimum absolute atomic E-state index is 0.101. The summed E-state index contributed by atoms with van der Waals surface area (Å²) in [6.07, 6.45) is 0. The lowest BCUT2D eigenvalue weighted by Crippen LogP contribution is -3.28. The maximum absolute atomic E-state index is 12.3. The second kappa shape index (κ2) is 9.16. The first-order valence-electron chi connectivity index (χ1n) is 9.27. The van der Waals surface area contributed by atoms with Crippen LogP contribution in [0.5, 0.6) is 5.75 Å². The Morgan fingerprint density at radius 1 is 1.15 bits per heavy atom. The van der Waals surface area contributed by atoms with Gasteiger partial charge in [-0.25, -0.2) is 0 Å². The van der Waals surface area contributed by atoms with Gasteiger partial charge in [0.25, 0.3) is 5.91 Å². The van der Waals surface area contributed by atoms with E-state index in [2.05, 4.69) is 30.4 Å². The van der Waals surface area contributed by atoms with Crippen LogP contribution in [0.3, 0.4) is 0 Å². The van der Waals surface area contributed by atoms with Crippen molar-refractivity contribution in [2.45, 2.75) is 19.5 Å². The van der Waals surface area contributed by atoms with Crippen molar-refractivity contribution in [2.75, 3.05) is 39.8 Å². The molecule has 0 saturated carbocycles. The summed E-state index contributed by atoms with van der Waals surface area (Å²) in [5, 5.41) is 5.17. The SMILES string of the molecule is COc1ccc(C[NH+]2CC[NH+](CC(=O)N[C@H](C)c3cccs3)CC2)cc1. The average Bonchev–Trinajstić information content (AvgIpc) is 3.19. The number of hydrogen-bond acceptors (Lipinski definition) is 3. The van der Waals surface area contributed by atoms with Gasteiger partial charge in [-0.3, -0.25) is 4.79 Å². The zero-order valence-corrected chi connectivity index (χ0v) is 16.4. The van der Waals surface area contributed by atoms with Crippen LogP contribution in [0.15, 0.2) is 41.8 Å². The number of piperazine rings is 1. The molecule has 0 spiro atoms. The fourth-order valence-electron chi connectivity index (χ4n) is 3.47. The number of benzene rings is 1. The average molecular weight is 376 g/mol. The molecule has 0 bridgehead atoms. The summed E-state index contributed by atoms with van der Waals surface area (Å²) in [6, 6.07) is 12.5. The van der Waals surface area contributed by atoms with Crippen LogP contribution in [-0.4, -0.2) is 45.7 Å². The van der Waals surface area contributed by atoms with E-state index in [1.807, 2.05) is 23.6 Å². The van der Waals surface area contributed by atoms with Crippen LogP contribution >= 0.6 is 11.3 Å². The largest absolute Gasteiger partial charge is 0.497 e. The fraction of sp³-hybridized carbons (Fsp3) is 0.450. The van der Waals surface area contributed by atoms with Crippen LogP contribution in [0, 0.1) is 0 Å². The molecule has 0 unspecified atom stereocenters. The zero-order valence-electron chi connectivity index (χ0n) is 15.6. The first-order chi connectivity index (χ1) is 12.6. The van der Waals surface area contributed by atoms with Crippen LogP contribution in [0.25, 0.3) is 0 Å². The number of hydrogen-bond donors (Lipinski definition) is 3. The third-order valence-electron chi connectivity index (χ3n) is 5.04. The summed E-state index contributed by atoms with van der Waals surface area (Å²) in [4.78, 5) is 16.5. The number of methoxy groups -OCH3 is 1. The minimum Gasteiger partial charge on any atom is -0.497 e. The summed E-state index contributed by atoms with van der Waals surface area (Å²) in [5.41, 5.74) is 1.34. The van der Waals surface area contributed by atoms with E-state index in [0.717, 1.165) is 38.5 Å². The zero-order chi connectivity index (χ0) is 18.4. The quantitative estimate of drug-likeness (QED) is 0.634. The summed E-state index contributed by atoms with van der Waals surface area (Å²) >= 11 is 1.69. The Morgan fingerprint density at radius 2 is 1.85 bits per heavy atom. The maximum Gasteiger partial charge on any atom is 0.275 e. The molecule has 140 valence electrons. The van der Waals surface area contributed by atoms with Gasteiger partial charge in [0.05, 0.1) is 13.2 Å². The summed E-state index contributed by atoms with van der Waals surface area (Å²) in [6.45, 7) is 7.98. The number of nitrogens with one attached hydrogen (secondary N) is 3. The normalized spacial score (nSPS) is 21.2. The van der Waals surface area contributed by atoms with Gasteiger partial charge < -0.3 is 19.9 Å². The molecule has 6 heteroatoms. The fourth-order valence-corrected chi connectivity index (χ4v) is 4.21. The van der Waals surface area contributed by atoms with Crippen molar-refractivity contribution in [3.63, 3.8) is 0 Å². The highest BCUT2D eigenvalue weighted by atomic mass is 32.1. The molecule has 1 aliphatic heterocycles. The van der Waals surface area contributed by atoms with E-state index in [4.69, 9.17) is 4.74 Å². The maximum atomic E-state index is 12.3. The van der Waals surface area contributed by atoms with Gasteiger partial charge in [-0.05, 0) is 42.6 Å². The van der Waals surface area contributed by atoms with Crippen LogP contribution in [0.1, 0.15) is 23.4 Å². The Bertz CT molecular complexity index is 680. The molecule has 1 saturated heterocycles. The molecule has 1 amide bonds. The molecule has 1 aromatic carbocycles. The number of carbonyl (C=O) groups is 1. The molecule has 3 N–H and O–H groups in total. The van der Waals surface area contributed by atoms with E-state index in [-0.39, 0.29) is 11.9 Å². The second-order valence-electron chi connectivity index (χ2n) is 7.01. The lowest BCUT2D eigenvalue weighted by atomic mass is 10.2. The molecule has 0 aliphatic carbocycles. The van der Waals surface area contributed by atoms with E-state index in [1.54, 1.807) is 23.3 Å². The monoisotopic (exact) mass is 375 g/mol. The third-order valence-corrected chi connectivity index (χ3v) is 6.09. The summed E-state index contributed by atoms with van der Waals surface area (Å²) in [7, 11) is 1.69. The number of thiophene rings is 1. The third kappa shape index (κ3) is 5.30. The molecule has 0 radical (unpaired) electrons. The van der Waals surface area contributed by atoms with Gasteiger partial charge in [0.15, 0.2) is 6.54 Å². The van der Waals surface area contributed by atoms with Crippen molar-refractivity contribution in [1.29, 1.82) is 0 Å². The predicted molar refractivity (Wildman–Crippen MR) is 104 cm³/mol. The van der Waals surface area contributed by atoms with Crippen molar-refractivity contribution in [3.8, 4) is 5.75 Å². The van der Waals surface area contributed by atoms with Crippen LogP contribution in [0.4, 0.5) is 0 Å². The van der Waals surface area contributed by atoms with E-state index < -0.39 is 0 Å². The highest BCUT2D eigenvalue weighted by Crippen LogP contribution is 2.17. The van der Waals surface area contributed by atoms with E-state index >= 15 is 0 Å². The van der Waals surface area contributed by atoms with Crippen molar-refractivity contribution in [2.24, 2.45) is 0 Å². The molecule has 1 atom stereocenters. The van der Waals surface area contributed by atoms with Gasteiger partial charge in [0.1, 0.15) is 38.5 Å². The number of carbonyl (C=O) groups excluding carboxylic acids is 1. The number of ether oxygens (including phenoxy) is 1. The van der Waals surface area contributed by atoms with Crippen LogP contribution in [0.2, 0.25) is 0 Å². The highest BCUT2D eigenvalue weighted by molar-refractivity contribution is 7.10. The first kappa shape index (κ1) is 18.9. The second-order valence-corrected chi connectivity index (χ2v) is 7.99. The van der Waals surface area contributed by atoms with Crippen LogP contribution < -0.4 is 19.9 Å². The minimum atomic E-state index is 0.101. The van der Waals surface area contributed by atoms with E-state index in [0.29, 0.717) is 6.54 Å². The van der Waals surface area contributed by atoms with Gasteiger partial charge in [0.2, 0.25) is 0 Å². The van der Waals surface area contributed by atoms with Gasteiger partial charge in [-0.2, -0.15) is 0 Å². The van der Waals surface area contributed by atoms with Crippen molar-refractivity contribution < 1.29 is 19.3 Å².